The molecule has 1 aromatic heterocycles. The lowest BCUT2D eigenvalue weighted by molar-refractivity contribution is 0.0992. The predicted octanol–water partition coefficient (Wildman–Crippen LogP) is 2.66. The topological polar surface area (TPSA) is 71.8 Å². The second kappa shape index (κ2) is 5.14. The first-order valence-corrected chi connectivity index (χ1v) is 6.56. The van der Waals surface area contributed by atoms with Crippen LogP contribution in [0.15, 0.2) is 54.6 Å². The lowest BCUT2D eigenvalue weighted by atomic mass is 10.1. The van der Waals surface area contributed by atoms with Gasteiger partial charge in [0.25, 0.3) is 5.91 Å². The number of para-hydroxylation sites is 1. The number of aromatic nitrogens is 1. The van der Waals surface area contributed by atoms with E-state index in [1.807, 2.05) is 47.0 Å². The van der Waals surface area contributed by atoms with Crippen molar-refractivity contribution in [1.82, 2.24) is 4.57 Å². The van der Waals surface area contributed by atoms with Gasteiger partial charge in [0.15, 0.2) is 0 Å². The molecule has 0 radical (unpaired) electrons. The van der Waals surface area contributed by atoms with Crippen LogP contribution < -0.4 is 5.73 Å². The van der Waals surface area contributed by atoms with Gasteiger partial charge in [-0.2, -0.15) is 5.26 Å². The maximum absolute atomic E-state index is 11.7. The third-order valence-corrected chi connectivity index (χ3v) is 3.46. The molecule has 2 aromatic carbocycles. The minimum atomic E-state index is -0.456. The SMILES string of the molecule is N#Cc1cccc(Cn2c(C(N)=O)cc3ccccc32)c1. The second-order valence-corrected chi connectivity index (χ2v) is 4.85. The zero-order valence-corrected chi connectivity index (χ0v) is 11.3. The summed E-state index contributed by atoms with van der Waals surface area (Å²) >= 11 is 0. The van der Waals surface area contributed by atoms with E-state index in [-0.39, 0.29) is 0 Å². The minimum Gasteiger partial charge on any atom is -0.364 e. The average molecular weight is 275 g/mol. The summed E-state index contributed by atoms with van der Waals surface area (Å²) in [5.41, 5.74) is 8.46. The van der Waals surface area contributed by atoms with E-state index in [9.17, 15) is 4.79 Å². The third kappa shape index (κ3) is 2.37. The highest BCUT2D eigenvalue weighted by molar-refractivity contribution is 5.97. The average Bonchev–Trinajstić information content (AvgIpc) is 2.87. The van der Waals surface area contributed by atoms with Gasteiger partial charge in [-0.05, 0) is 29.8 Å². The van der Waals surface area contributed by atoms with Gasteiger partial charge in [-0.15, -0.1) is 0 Å². The van der Waals surface area contributed by atoms with Crippen molar-refractivity contribution >= 4 is 16.8 Å². The molecule has 2 N–H and O–H groups in total. The van der Waals surface area contributed by atoms with E-state index in [1.165, 1.54) is 0 Å². The summed E-state index contributed by atoms with van der Waals surface area (Å²) in [6, 6.07) is 19.0. The highest BCUT2D eigenvalue weighted by atomic mass is 16.1. The minimum absolute atomic E-state index is 0.456. The van der Waals surface area contributed by atoms with Crippen molar-refractivity contribution in [1.29, 1.82) is 5.26 Å². The monoisotopic (exact) mass is 275 g/mol. The van der Waals surface area contributed by atoms with Crippen molar-refractivity contribution in [2.75, 3.05) is 0 Å². The highest BCUT2D eigenvalue weighted by Crippen LogP contribution is 2.21. The number of nitrogens with zero attached hydrogens (tertiary/aromatic N) is 2. The molecule has 3 aromatic rings. The number of nitrogens with two attached hydrogens (primary N) is 1. The molecule has 0 spiro atoms. The van der Waals surface area contributed by atoms with Crippen LogP contribution in [0.2, 0.25) is 0 Å². The lowest BCUT2D eigenvalue weighted by Crippen LogP contribution is -2.17. The second-order valence-electron chi connectivity index (χ2n) is 4.85. The summed E-state index contributed by atoms with van der Waals surface area (Å²) in [5.74, 6) is -0.456. The van der Waals surface area contributed by atoms with E-state index in [1.54, 1.807) is 12.1 Å². The van der Waals surface area contributed by atoms with E-state index in [0.717, 1.165) is 16.5 Å². The first-order valence-electron chi connectivity index (χ1n) is 6.56. The summed E-state index contributed by atoms with van der Waals surface area (Å²) in [6.07, 6.45) is 0. The number of amides is 1. The number of carbonyl (C=O) groups excluding carboxylic acids is 1. The summed E-state index contributed by atoms with van der Waals surface area (Å²) in [7, 11) is 0. The Labute approximate surface area is 122 Å². The normalized spacial score (nSPS) is 10.4. The van der Waals surface area contributed by atoms with Crippen molar-refractivity contribution in [3.05, 3.63) is 71.4 Å². The Morgan fingerprint density at radius 2 is 1.95 bits per heavy atom. The summed E-state index contributed by atoms with van der Waals surface area (Å²) in [5, 5.41) is 9.95. The molecule has 21 heavy (non-hydrogen) atoms. The zero-order valence-electron chi connectivity index (χ0n) is 11.3. The molecule has 1 heterocycles. The maximum atomic E-state index is 11.7. The summed E-state index contributed by atoms with van der Waals surface area (Å²) in [6.45, 7) is 0.501. The van der Waals surface area contributed by atoms with Gasteiger partial charge in [0, 0.05) is 17.4 Å². The van der Waals surface area contributed by atoms with Gasteiger partial charge in [-0.3, -0.25) is 4.79 Å². The Bertz CT molecular complexity index is 871. The maximum Gasteiger partial charge on any atom is 0.265 e. The van der Waals surface area contributed by atoms with Crippen molar-refractivity contribution < 1.29 is 4.79 Å². The standard InChI is InChI=1S/C17H13N3O/c18-10-12-4-3-5-13(8-12)11-20-15-7-2-1-6-14(15)9-16(20)17(19)21/h1-9H,11H2,(H2,19,21). The first kappa shape index (κ1) is 12.9. The van der Waals surface area contributed by atoms with Crippen molar-refractivity contribution in [3.63, 3.8) is 0 Å². The van der Waals surface area contributed by atoms with Crippen molar-refractivity contribution in [2.24, 2.45) is 5.73 Å². The molecular weight excluding hydrogens is 262 g/mol. The third-order valence-electron chi connectivity index (χ3n) is 3.46. The van der Waals surface area contributed by atoms with Crippen LogP contribution in [0.3, 0.4) is 0 Å². The molecule has 0 aliphatic rings. The first-order chi connectivity index (χ1) is 10.2. The summed E-state index contributed by atoms with van der Waals surface area (Å²) < 4.78 is 1.88. The molecule has 0 unspecified atom stereocenters. The molecule has 0 fully saturated rings. The lowest BCUT2D eigenvalue weighted by Gasteiger charge is -2.09. The number of benzene rings is 2. The Balaban J connectivity index is 2.12. The van der Waals surface area contributed by atoms with E-state index >= 15 is 0 Å². The Hall–Kier alpha value is -3.06. The molecule has 4 heteroatoms. The van der Waals surface area contributed by atoms with Gasteiger partial charge in [0.2, 0.25) is 0 Å². The van der Waals surface area contributed by atoms with Gasteiger partial charge in [0.1, 0.15) is 5.69 Å². The molecule has 4 nitrogen and oxygen atoms in total. The van der Waals surface area contributed by atoms with Crippen LogP contribution in [0.25, 0.3) is 10.9 Å². The van der Waals surface area contributed by atoms with E-state index < -0.39 is 5.91 Å². The van der Waals surface area contributed by atoms with Crippen LogP contribution in [0.5, 0.6) is 0 Å². The number of nitriles is 1. The number of rotatable bonds is 3. The Morgan fingerprint density at radius 1 is 1.14 bits per heavy atom. The fourth-order valence-corrected chi connectivity index (χ4v) is 2.51. The summed E-state index contributed by atoms with van der Waals surface area (Å²) in [4.78, 5) is 11.7. The molecule has 1 amide bonds. The number of hydrogen-bond acceptors (Lipinski definition) is 2. The van der Waals surface area contributed by atoms with Crippen LogP contribution in [0, 0.1) is 11.3 Å². The molecular formula is C17H13N3O. The Kier molecular flexibility index (Phi) is 3.17. The zero-order chi connectivity index (χ0) is 14.8. The van der Waals surface area contributed by atoms with Crippen molar-refractivity contribution in [3.8, 4) is 6.07 Å². The molecule has 3 rings (SSSR count). The van der Waals surface area contributed by atoms with Crippen LogP contribution in [0.4, 0.5) is 0 Å². The van der Waals surface area contributed by atoms with E-state index in [0.29, 0.717) is 17.8 Å². The Morgan fingerprint density at radius 3 is 2.71 bits per heavy atom. The molecule has 0 aliphatic heterocycles. The van der Waals surface area contributed by atoms with Gasteiger partial charge in [0.05, 0.1) is 11.6 Å². The molecule has 102 valence electrons. The smallest absolute Gasteiger partial charge is 0.265 e. The molecule has 0 aliphatic carbocycles. The molecule has 0 saturated heterocycles. The quantitative estimate of drug-likeness (QED) is 0.798. The van der Waals surface area contributed by atoms with E-state index in [4.69, 9.17) is 11.0 Å². The number of hydrogen-bond donors (Lipinski definition) is 1. The largest absolute Gasteiger partial charge is 0.364 e. The fraction of sp³-hybridized carbons (Fsp3) is 0.0588. The van der Waals surface area contributed by atoms with E-state index in [2.05, 4.69) is 6.07 Å². The molecule has 0 bridgehead atoms. The number of fused-ring (bicyclic) bond motifs is 1. The highest BCUT2D eigenvalue weighted by Gasteiger charge is 2.13. The van der Waals surface area contributed by atoms with Gasteiger partial charge in [-0.1, -0.05) is 30.3 Å². The van der Waals surface area contributed by atoms with Gasteiger partial charge >= 0.3 is 0 Å². The van der Waals surface area contributed by atoms with Crippen LogP contribution >= 0.6 is 0 Å². The predicted molar refractivity (Wildman–Crippen MR) is 80.7 cm³/mol. The van der Waals surface area contributed by atoms with Crippen LogP contribution in [-0.2, 0) is 6.54 Å². The van der Waals surface area contributed by atoms with Crippen molar-refractivity contribution in [2.45, 2.75) is 6.54 Å². The molecule has 0 saturated carbocycles. The number of primary amides is 1. The van der Waals surface area contributed by atoms with Crippen LogP contribution in [0.1, 0.15) is 21.6 Å². The van der Waals surface area contributed by atoms with Gasteiger partial charge in [-0.25, -0.2) is 0 Å². The number of carbonyl (C=O) groups is 1. The fourth-order valence-electron chi connectivity index (χ4n) is 2.51. The molecule has 0 atom stereocenters. The van der Waals surface area contributed by atoms with Crippen LogP contribution in [-0.4, -0.2) is 10.5 Å². The van der Waals surface area contributed by atoms with Gasteiger partial charge < -0.3 is 10.3 Å².